The summed E-state index contributed by atoms with van der Waals surface area (Å²) >= 11 is 2.65. The molecule has 0 saturated carbocycles. The maximum Gasteiger partial charge on any atom is 0.267 e. The number of hydrogen-bond acceptors (Lipinski definition) is 6. The number of hydrogen-bond donors (Lipinski definition) is 1. The number of ether oxygens (including phenoxy) is 1. The van der Waals surface area contributed by atoms with E-state index in [2.05, 4.69) is 10.3 Å². The van der Waals surface area contributed by atoms with Crippen LogP contribution in [0.25, 0.3) is 15.9 Å². The predicted octanol–water partition coefficient (Wildman–Crippen LogP) is 3.59. The van der Waals surface area contributed by atoms with Crippen LogP contribution in [0.15, 0.2) is 34.2 Å². The molecule has 6 nitrogen and oxygen atoms in total. The SMILES string of the molecule is Cc1sc2nc(SCC(=O)NC[C@H]3CCCO3)n(-c3ccc(F)cc3)c(=O)c2c1C. The molecule has 1 atom stereocenters. The number of rotatable bonds is 6. The second-order valence-electron chi connectivity index (χ2n) is 7.20. The zero-order valence-electron chi connectivity index (χ0n) is 16.7. The van der Waals surface area contributed by atoms with Crippen molar-refractivity contribution < 1.29 is 13.9 Å². The first kappa shape index (κ1) is 21.0. The Morgan fingerprint density at radius 1 is 1.37 bits per heavy atom. The van der Waals surface area contributed by atoms with Gasteiger partial charge in [0.25, 0.3) is 5.56 Å². The Morgan fingerprint density at radius 3 is 2.83 bits per heavy atom. The number of aryl methyl sites for hydroxylation is 2. The summed E-state index contributed by atoms with van der Waals surface area (Å²) < 4.78 is 20.4. The van der Waals surface area contributed by atoms with Crippen LogP contribution < -0.4 is 10.9 Å². The van der Waals surface area contributed by atoms with E-state index in [4.69, 9.17) is 4.74 Å². The van der Waals surface area contributed by atoms with Gasteiger partial charge in [0.2, 0.25) is 5.91 Å². The third-order valence-electron chi connectivity index (χ3n) is 5.14. The van der Waals surface area contributed by atoms with Crippen LogP contribution in [-0.4, -0.2) is 40.5 Å². The Bertz CT molecular complexity index is 1140. The minimum Gasteiger partial charge on any atom is -0.376 e. The normalized spacial score (nSPS) is 16.3. The highest BCUT2D eigenvalue weighted by Gasteiger charge is 2.20. The van der Waals surface area contributed by atoms with E-state index in [0.717, 1.165) is 29.9 Å². The highest BCUT2D eigenvalue weighted by molar-refractivity contribution is 7.99. The smallest absolute Gasteiger partial charge is 0.267 e. The van der Waals surface area contributed by atoms with E-state index in [1.54, 1.807) is 12.1 Å². The van der Waals surface area contributed by atoms with Crippen molar-refractivity contribution in [2.24, 2.45) is 0 Å². The van der Waals surface area contributed by atoms with Crippen LogP contribution in [0.4, 0.5) is 4.39 Å². The molecule has 1 aromatic carbocycles. The Morgan fingerprint density at radius 2 is 2.13 bits per heavy atom. The van der Waals surface area contributed by atoms with Gasteiger partial charge in [0.15, 0.2) is 5.16 Å². The number of thiophene rings is 1. The lowest BCUT2D eigenvalue weighted by molar-refractivity contribution is -0.119. The average molecular weight is 448 g/mol. The number of fused-ring (bicyclic) bond motifs is 1. The Hall–Kier alpha value is -2.23. The number of halogens is 1. The number of thioether (sulfide) groups is 1. The third kappa shape index (κ3) is 4.28. The molecular formula is C21H22FN3O3S2. The van der Waals surface area contributed by atoms with Gasteiger partial charge in [-0.05, 0) is 56.5 Å². The van der Waals surface area contributed by atoms with Gasteiger partial charge in [0, 0.05) is 18.0 Å². The summed E-state index contributed by atoms with van der Waals surface area (Å²) in [5.74, 6) is -0.407. The molecule has 0 aliphatic carbocycles. The number of amides is 1. The quantitative estimate of drug-likeness (QED) is 0.462. The first-order valence-electron chi connectivity index (χ1n) is 9.74. The standard InChI is InChI=1S/C21H22FN3O3S2/c1-12-13(2)30-19-18(12)20(27)25(15-7-5-14(22)6-8-15)21(24-19)29-11-17(26)23-10-16-4-3-9-28-16/h5-8,16H,3-4,9-11H2,1-2H3,(H,23,26)/t16-/m1/s1. The molecule has 3 aromatic rings. The molecule has 4 rings (SSSR count). The number of nitrogens with zero attached hydrogens (tertiary/aromatic N) is 2. The summed E-state index contributed by atoms with van der Waals surface area (Å²) in [7, 11) is 0. The fourth-order valence-electron chi connectivity index (χ4n) is 3.40. The minimum absolute atomic E-state index is 0.0721. The van der Waals surface area contributed by atoms with Crippen LogP contribution in [0.1, 0.15) is 23.3 Å². The van der Waals surface area contributed by atoms with Gasteiger partial charge in [-0.15, -0.1) is 11.3 Å². The van der Waals surface area contributed by atoms with Crippen LogP contribution in [0.2, 0.25) is 0 Å². The van der Waals surface area contributed by atoms with E-state index >= 15 is 0 Å². The first-order chi connectivity index (χ1) is 14.4. The van der Waals surface area contributed by atoms with Gasteiger partial charge in [-0.1, -0.05) is 11.8 Å². The van der Waals surface area contributed by atoms with Crippen LogP contribution in [0.3, 0.4) is 0 Å². The predicted molar refractivity (Wildman–Crippen MR) is 117 cm³/mol. The summed E-state index contributed by atoms with van der Waals surface area (Å²) in [6, 6.07) is 5.70. The molecular weight excluding hydrogens is 425 g/mol. The van der Waals surface area contributed by atoms with Crippen molar-refractivity contribution in [1.29, 1.82) is 0 Å². The second kappa shape index (κ2) is 8.87. The maximum absolute atomic E-state index is 13.4. The summed E-state index contributed by atoms with van der Waals surface area (Å²) in [5.41, 5.74) is 1.20. The lowest BCUT2D eigenvalue weighted by Gasteiger charge is -2.13. The molecule has 0 unspecified atom stereocenters. The van der Waals surface area contributed by atoms with Gasteiger partial charge in [-0.2, -0.15) is 0 Å². The van der Waals surface area contributed by atoms with Gasteiger partial charge < -0.3 is 10.1 Å². The molecule has 1 aliphatic rings. The third-order valence-corrected chi connectivity index (χ3v) is 7.18. The Labute approximate surface area is 181 Å². The van der Waals surface area contributed by atoms with Crippen molar-refractivity contribution in [3.05, 3.63) is 50.9 Å². The van der Waals surface area contributed by atoms with Crippen LogP contribution >= 0.6 is 23.1 Å². The molecule has 9 heteroatoms. The van der Waals surface area contributed by atoms with Gasteiger partial charge >= 0.3 is 0 Å². The Kier molecular flexibility index (Phi) is 6.21. The number of aromatic nitrogens is 2. The maximum atomic E-state index is 13.4. The molecule has 1 N–H and O–H groups in total. The zero-order chi connectivity index (χ0) is 21.3. The summed E-state index contributed by atoms with van der Waals surface area (Å²) in [5, 5.41) is 3.85. The van der Waals surface area contributed by atoms with E-state index in [1.807, 2.05) is 13.8 Å². The largest absolute Gasteiger partial charge is 0.376 e. The van der Waals surface area contributed by atoms with Gasteiger partial charge in [0.05, 0.1) is 22.9 Å². The summed E-state index contributed by atoms with van der Waals surface area (Å²) in [4.78, 5) is 32.0. The summed E-state index contributed by atoms with van der Waals surface area (Å²) in [6.07, 6.45) is 2.04. The number of nitrogens with one attached hydrogen (secondary N) is 1. The fourth-order valence-corrected chi connectivity index (χ4v) is 5.32. The number of carbonyl (C=O) groups excluding carboxylic acids is 1. The van der Waals surface area contributed by atoms with Crippen LogP contribution in [0.5, 0.6) is 0 Å². The van der Waals surface area contributed by atoms with Gasteiger partial charge in [-0.25, -0.2) is 9.37 Å². The monoisotopic (exact) mass is 447 g/mol. The van der Waals surface area contributed by atoms with E-state index in [1.165, 1.54) is 39.8 Å². The zero-order valence-corrected chi connectivity index (χ0v) is 18.4. The highest BCUT2D eigenvalue weighted by atomic mass is 32.2. The molecule has 2 aromatic heterocycles. The Balaban J connectivity index is 1.63. The van der Waals surface area contributed by atoms with Crippen molar-refractivity contribution >= 4 is 39.2 Å². The lowest BCUT2D eigenvalue weighted by atomic mass is 10.2. The fraction of sp³-hybridized carbons (Fsp3) is 0.381. The molecule has 3 heterocycles. The molecule has 30 heavy (non-hydrogen) atoms. The number of carbonyl (C=O) groups is 1. The molecule has 1 amide bonds. The van der Waals surface area contributed by atoms with Crippen molar-refractivity contribution in [2.45, 2.75) is 37.9 Å². The van der Waals surface area contributed by atoms with Gasteiger partial charge in [0.1, 0.15) is 10.6 Å². The van der Waals surface area contributed by atoms with E-state index in [-0.39, 0.29) is 29.1 Å². The average Bonchev–Trinajstić information content (AvgIpc) is 3.34. The summed E-state index contributed by atoms with van der Waals surface area (Å²) in [6.45, 7) is 5.08. The van der Waals surface area contributed by atoms with E-state index in [0.29, 0.717) is 27.6 Å². The molecule has 0 spiro atoms. The van der Waals surface area contributed by atoms with Crippen LogP contribution in [0, 0.1) is 19.7 Å². The van der Waals surface area contributed by atoms with Crippen LogP contribution in [-0.2, 0) is 9.53 Å². The van der Waals surface area contributed by atoms with Gasteiger partial charge in [-0.3, -0.25) is 14.2 Å². The number of benzene rings is 1. The van der Waals surface area contributed by atoms with Crippen molar-refractivity contribution in [3.63, 3.8) is 0 Å². The van der Waals surface area contributed by atoms with E-state index in [9.17, 15) is 14.0 Å². The van der Waals surface area contributed by atoms with Crippen molar-refractivity contribution in [3.8, 4) is 5.69 Å². The minimum atomic E-state index is -0.383. The molecule has 1 fully saturated rings. The van der Waals surface area contributed by atoms with Crippen molar-refractivity contribution in [2.75, 3.05) is 18.9 Å². The topological polar surface area (TPSA) is 73.2 Å². The second-order valence-corrected chi connectivity index (χ2v) is 9.35. The first-order valence-corrected chi connectivity index (χ1v) is 11.5. The van der Waals surface area contributed by atoms with Crippen molar-refractivity contribution in [1.82, 2.24) is 14.9 Å². The molecule has 0 bridgehead atoms. The molecule has 158 valence electrons. The molecule has 1 saturated heterocycles. The molecule has 0 radical (unpaired) electrons. The highest BCUT2D eigenvalue weighted by Crippen LogP contribution is 2.29. The lowest BCUT2D eigenvalue weighted by Crippen LogP contribution is -2.33. The van der Waals surface area contributed by atoms with E-state index < -0.39 is 0 Å². The molecule has 1 aliphatic heterocycles.